The van der Waals surface area contributed by atoms with Crippen molar-refractivity contribution in [3.63, 3.8) is 0 Å². The average molecular weight is 326 g/mol. The summed E-state index contributed by atoms with van der Waals surface area (Å²) < 4.78 is 0. The van der Waals surface area contributed by atoms with Crippen LogP contribution in [0.2, 0.25) is 0 Å². The molecule has 1 aliphatic rings. The highest BCUT2D eigenvalue weighted by Crippen LogP contribution is 2.34. The van der Waals surface area contributed by atoms with Crippen LogP contribution in [-0.4, -0.2) is 16.1 Å². The highest BCUT2D eigenvalue weighted by atomic mass is 32.2. The monoisotopic (exact) mass is 326 g/mol. The van der Waals surface area contributed by atoms with Gasteiger partial charge in [0.25, 0.3) is 0 Å². The lowest BCUT2D eigenvalue weighted by molar-refractivity contribution is -0.116. The SMILES string of the molecule is O=C(CCc1cccnc1)Nc1ccc(SC2CCCC2)cc1. The molecule has 1 aromatic carbocycles. The summed E-state index contributed by atoms with van der Waals surface area (Å²) in [6.07, 6.45) is 10.1. The number of hydrogen-bond acceptors (Lipinski definition) is 3. The van der Waals surface area contributed by atoms with E-state index in [1.165, 1.54) is 30.6 Å². The third kappa shape index (κ3) is 5.10. The fourth-order valence-electron chi connectivity index (χ4n) is 2.84. The largest absolute Gasteiger partial charge is 0.326 e. The van der Waals surface area contributed by atoms with E-state index in [9.17, 15) is 4.79 Å². The number of rotatable bonds is 6. The predicted octanol–water partition coefficient (Wildman–Crippen LogP) is 4.69. The molecular formula is C19H22N2OS. The maximum Gasteiger partial charge on any atom is 0.224 e. The van der Waals surface area contributed by atoms with E-state index in [2.05, 4.69) is 22.4 Å². The summed E-state index contributed by atoms with van der Waals surface area (Å²) in [6, 6.07) is 12.1. The Balaban J connectivity index is 1.46. The van der Waals surface area contributed by atoms with Gasteiger partial charge in [-0.2, -0.15) is 0 Å². The third-order valence-corrected chi connectivity index (χ3v) is 5.46. The Morgan fingerprint density at radius 1 is 1.17 bits per heavy atom. The number of amides is 1. The standard InChI is InChI=1S/C19H22N2OS/c22-19(12-7-15-4-3-13-20-14-15)21-16-8-10-18(11-9-16)23-17-5-1-2-6-17/h3-4,8-11,13-14,17H,1-2,5-7,12H2,(H,21,22). The molecule has 1 aliphatic carbocycles. The molecule has 0 atom stereocenters. The van der Waals surface area contributed by atoms with E-state index in [1.807, 2.05) is 42.2 Å². The Morgan fingerprint density at radius 2 is 1.96 bits per heavy atom. The van der Waals surface area contributed by atoms with Gasteiger partial charge in [0.15, 0.2) is 0 Å². The number of carbonyl (C=O) groups excluding carboxylic acids is 1. The van der Waals surface area contributed by atoms with Gasteiger partial charge in [-0.15, -0.1) is 11.8 Å². The number of nitrogens with one attached hydrogen (secondary N) is 1. The molecule has 1 aromatic heterocycles. The van der Waals surface area contributed by atoms with Gasteiger partial charge in [-0.25, -0.2) is 0 Å². The second kappa shape index (κ2) is 8.16. The van der Waals surface area contributed by atoms with E-state index in [0.717, 1.165) is 22.9 Å². The Morgan fingerprint density at radius 3 is 2.65 bits per heavy atom. The van der Waals surface area contributed by atoms with Crippen LogP contribution in [0.3, 0.4) is 0 Å². The van der Waals surface area contributed by atoms with Gasteiger partial charge in [0.2, 0.25) is 5.91 Å². The zero-order valence-corrected chi connectivity index (χ0v) is 14.0. The first-order chi connectivity index (χ1) is 11.3. The molecule has 4 heteroatoms. The molecule has 120 valence electrons. The first-order valence-electron chi connectivity index (χ1n) is 8.25. The van der Waals surface area contributed by atoms with Crippen molar-refractivity contribution < 1.29 is 4.79 Å². The summed E-state index contributed by atoms with van der Waals surface area (Å²) >= 11 is 1.97. The number of nitrogens with zero attached hydrogens (tertiary/aromatic N) is 1. The highest BCUT2D eigenvalue weighted by Gasteiger charge is 2.15. The molecule has 0 saturated heterocycles. The van der Waals surface area contributed by atoms with Gasteiger partial charge in [-0.1, -0.05) is 18.9 Å². The maximum atomic E-state index is 12.0. The lowest BCUT2D eigenvalue weighted by Crippen LogP contribution is -2.12. The van der Waals surface area contributed by atoms with Gasteiger partial charge >= 0.3 is 0 Å². The summed E-state index contributed by atoms with van der Waals surface area (Å²) in [4.78, 5) is 17.4. The number of hydrogen-bond donors (Lipinski definition) is 1. The minimum Gasteiger partial charge on any atom is -0.326 e. The number of pyridine rings is 1. The molecule has 1 fully saturated rings. The van der Waals surface area contributed by atoms with Crippen LogP contribution in [0, 0.1) is 0 Å². The molecule has 23 heavy (non-hydrogen) atoms. The van der Waals surface area contributed by atoms with Crippen molar-refractivity contribution in [2.75, 3.05) is 5.32 Å². The van der Waals surface area contributed by atoms with Crippen molar-refractivity contribution in [3.05, 3.63) is 54.4 Å². The van der Waals surface area contributed by atoms with Crippen LogP contribution < -0.4 is 5.32 Å². The van der Waals surface area contributed by atoms with Crippen LogP contribution in [0.5, 0.6) is 0 Å². The molecule has 1 heterocycles. The van der Waals surface area contributed by atoms with Crippen molar-refractivity contribution >= 4 is 23.4 Å². The first kappa shape index (κ1) is 16.1. The highest BCUT2D eigenvalue weighted by molar-refractivity contribution is 8.00. The second-order valence-corrected chi connectivity index (χ2v) is 7.33. The summed E-state index contributed by atoms with van der Waals surface area (Å²) in [5, 5.41) is 3.74. The molecule has 0 aliphatic heterocycles. The number of aromatic nitrogens is 1. The van der Waals surface area contributed by atoms with E-state index in [-0.39, 0.29) is 5.91 Å². The second-order valence-electron chi connectivity index (χ2n) is 5.96. The van der Waals surface area contributed by atoms with E-state index in [0.29, 0.717) is 6.42 Å². The number of anilines is 1. The molecule has 3 rings (SSSR count). The Labute approximate surface area is 141 Å². The number of thioether (sulfide) groups is 1. The lowest BCUT2D eigenvalue weighted by Gasteiger charge is -2.10. The quantitative estimate of drug-likeness (QED) is 0.837. The van der Waals surface area contributed by atoms with Crippen LogP contribution in [-0.2, 0) is 11.2 Å². The van der Waals surface area contributed by atoms with Crippen molar-refractivity contribution in [2.24, 2.45) is 0 Å². The van der Waals surface area contributed by atoms with Gasteiger partial charge in [0.05, 0.1) is 0 Å². The molecule has 1 amide bonds. The minimum absolute atomic E-state index is 0.0463. The Bertz CT molecular complexity index is 622. The first-order valence-corrected chi connectivity index (χ1v) is 9.13. The molecule has 0 unspecified atom stereocenters. The summed E-state index contributed by atoms with van der Waals surface area (Å²) in [7, 11) is 0. The van der Waals surface area contributed by atoms with Gasteiger partial charge in [0, 0.05) is 34.6 Å². The summed E-state index contributed by atoms with van der Waals surface area (Å²) in [6.45, 7) is 0. The van der Waals surface area contributed by atoms with E-state index >= 15 is 0 Å². The summed E-state index contributed by atoms with van der Waals surface area (Å²) in [5.74, 6) is 0.0463. The van der Waals surface area contributed by atoms with Crippen molar-refractivity contribution in [1.29, 1.82) is 0 Å². The number of benzene rings is 1. The number of aryl methyl sites for hydroxylation is 1. The van der Waals surface area contributed by atoms with E-state index < -0.39 is 0 Å². The third-order valence-electron chi connectivity index (χ3n) is 4.11. The molecular weight excluding hydrogens is 304 g/mol. The topological polar surface area (TPSA) is 42.0 Å². The van der Waals surface area contributed by atoms with E-state index in [4.69, 9.17) is 0 Å². The predicted molar refractivity (Wildman–Crippen MR) is 95.7 cm³/mol. The molecule has 1 N–H and O–H groups in total. The average Bonchev–Trinajstić information content (AvgIpc) is 3.09. The zero-order valence-electron chi connectivity index (χ0n) is 13.2. The van der Waals surface area contributed by atoms with Crippen molar-refractivity contribution in [2.45, 2.75) is 48.7 Å². The fraction of sp³-hybridized carbons (Fsp3) is 0.368. The molecule has 0 bridgehead atoms. The Kier molecular flexibility index (Phi) is 5.70. The molecule has 0 spiro atoms. The Hall–Kier alpha value is -1.81. The maximum absolute atomic E-state index is 12.0. The summed E-state index contributed by atoms with van der Waals surface area (Å²) in [5.41, 5.74) is 1.96. The number of carbonyl (C=O) groups is 1. The minimum atomic E-state index is 0.0463. The van der Waals surface area contributed by atoms with Crippen LogP contribution in [0.15, 0.2) is 53.7 Å². The van der Waals surface area contributed by atoms with Gasteiger partial charge in [0.1, 0.15) is 0 Å². The van der Waals surface area contributed by atoms with Gasteiger partial charge < -0.3 is 5.32 Å². The zero-order chi connectivity index (χ0) is 15.9. The van der Waals surface area contributed by atoms with Gasteiger partial charge in [-0.3, -0.25) is 9.78 Å². The molecule has 1 saturated carbocycles. The smallest absolute Gasteiger partial charge is 0.224 e. The van der Waals surface area contributed by atoms with Crippen molar-refractivity contribution in [1.82, 2.24) is 4.98 Å². The van der Waals surface area contributed by atoms with Crippen molar-refractivity contribution in [3.8, 4) is 0 Å². The molecule has 2 aromatic rings. The van der Waals surface area contributed by atoms with Crippen LogP contribution in [0.25, 0.3) is 0 Å². The lowest BCUT2D eigenvalue weighted by atomic mass is 10.1. The normalized spacial score (nSPS) is 14.8. The fourth-order valence-corrected chi connectivity index (χ4v) is 4.09. The molecule has 0 radical (unpaired) electrons. The van der Waals surface area contributed by atoms with Crippen LogP contribution in [0.4, 0.5) is 5.69 Å². The van der Waals surface area contributed by atoms with Crippen LogP contribution in [0.1, 0.15) is 37.7 Å². The van der Waals surface area contributed by atoms with Crippen LogP contribution >= 0.6 is 11.8 Å². The molecule has 3 nitrogen and oxygen atoms in total. The van der Waals surface area contributed by atoms with Gasteiger partial charge in [-0.05, 0) is 55.2 Å². The van der Waals surface area contributed by atoms with E-state index in [1.54, 1.807) is 6.20 Å².